The summed E-state index contributed by atoms with van der Waals surface area (Å²) >= 11 is 0. The minimum Gasteiger partial charge on any atom is -0.370 e. The van der Waals surface area contributed by atoms with E-state index >= 15 is 0 Å². The van der Waals surface area contributed by atoms with Gasteiger partial charge in [-0.05, 0) is 19.8 Å². The molecule has 1 aromatic heterocycles. The second-order valence-electron chi connectivity index (χ2n) is 5.61. The largest absolute Gasteiger partial charge is 0.370 e. The molecule has 6 nitrogen and oxygen atoms in total. The summed E-state index contributed by atoms with van der Waals surface area (Å²) in [5.74, 6) is 1.26. The average molecular weight is 292 g/mol. The van der Waals surface area contributed by atoms with Crippen LogP contribution in [0.1, 0.15) is 45.4 Å². The molecule has 2 rings (SSSR count). The molecular weight excluding hydrogens is 268 g/mol. The van der Waals surface area contributed by atoms with Crippen LogP contribution in [0.5, 0.6) is 0 Å². The summed E-state index contributed by atoms with van der Waals surface area (Å²) in [7, 11) is 2.00. The van der Waals surface area contributed by atoms with E-state index in [4.69, 9.17) is 0 Å². The zero-order valence-corrected chi connectivity index (χ0v) is 12.8. The molecule has 0 unspecified atom stereocenters. The highest BCUT2D eigenvalue weighted by Gasteiger charge is 2.21. The molecular formula is C15H24N4O2. The highest BCUT2D eigenvalue weighted by atomic mass is 16.6. The number of hydrogen-bond acceptors (Lipinski definition) is 5. The predicted octanol–water partition coefficient (Wildman–Crippen LogP) is 3.58. The average Bonchev–Trinajstić information content (AvgIpc) is 2.75. The fraction of sp³-hybridized carbons (Fsp3) is 0.667. The number of anilines is 2. The zero-order valence-electron chi connectivity index (χ0n) is 12.8. The van der Waals surface area contributed by atoms with Crippen LogP contribution in [0.4, 0.5) is 17.3 Å². The second kappa shape index (κ2) is 7.24. The molecule has 0 saturated heterocycles. The van der Waals surface area contributed by atoms with Crippen LogP contribution in [0.25, 0.3) is 0 Å². The van der Waals surface area contributed by atoms with Crippen molar-refractivity contribution in [1.29, 1.82) is 0 Å². The van der Waals surface area contributed by atoms with Gasteiger partial charge in [0.05, 0.1) is 17.1 Å². The standard InChI is InChI=1S/C15H24N4O2/c1-3-16-14-10-13(19(20)21)11-15(17-14)18(2)12-8-6-4-5-7-9-12/h10-12H,3-9H2,1-2H3,(H,16,17). The molecule has 0 radical (unpaired) electrons. The first kappa shape index (κ1) is 15.5. The van der Waals surface area contributed by atoms with E-state index in [1.807, 2.05) is 14.0 Å². The Morgan fingerprint density at radius 2 is 2.00 bits per heavy atom. The minimum absolute atomic E-state index is 0.0939. The van der Waals surface area contributed by atoms with Gasteiger partial charge in [-0.25, -0.2) is 4.98 Å². The number of rotatable bonds is 5. The third-order valence-corrected chi connectivity index (χ3v) is 4.10. The van der Waals surface area contributed by atoms with Crippen LogP contribution >= 0.6 is 0 Å². The summed E-state index contributed by atoms with van der Waals surface area (Å²) in [6.07, 6.45) is 7.30. The van der Waals surface area contributed by atoms with Gasteiger partial charge in [-0.15, -0.1) is 0 Å². The Hall–Kier alpha value is -1.85. The molecule has 21 heavy (non-hydrogen) atoms. The van der Waals surface area contributed by atoms with Crippen LogP contribution in [0.3, 0.4) is 0 Å². The molecule has 1 heterocycles. The van der Waals surface area contributed by atoms with Gasteiger partial charge < -0.3 is 10.2 Å². The van der Waals surface area contributed by atoms with Gasteiger partial charge in [-0.3, -0.25) is 10.1 Å². The maximum absolute atomic E-state index is 11.1. The molecule has 1 saturated carbocycles. The van der Waals surface area contributed by atoms with Crippen LogP contribution in [0.15, 0.2) is 12.1 Å². The van der Waals surface area contributed by atoms with Crippen molar-refractivity contribution in [2.75, 3.05) is 23.8 Å². The highest BCUT2D eigenvalue weighted by Crippen LogP contribution is 2.28. The molecule has 0 aliphatic heterocycles. The van der Waals surface area contributed by atoms with Crippen molar-refractivity contribution >= 4 is 17.3 Å². The van der Waals surface area contributed by atoms with Gasteiger partial charge in [0, 0.05) is 19.6 Å². The topological polar surface area (TPSA) is 71.3 Å². The van der Waals surface area contributed by atoms with Gasteiger partial charge in [0.1, 0.15) is 11.6 Å². The fourth-order valence-corrected chi connectivity index (χ4v) is 2.89. The molecule has 1 aliphatic carbocycles. The van der Waals surface area contributed by atoms with Gasteiger partial charge in [0.2, 0.25) is 0 Å². The van der Waals surface area contributed by atoms with E-state index in [0.29, 0.717) is 24.2 Å². The molecule has 1 aliphatic rings. The number of pyridine rings is 1. The van der Waals surface area contributed by atoms with E-state index in [0.717, 1.165) is 12.8 Å². The van der Waals surface area contributed by atoms with E-state index in [9.17, 15) is 10.1 Å². The van der Waals surface area contributed by atoms with Crippen LogP contribution in [-0.2, 0) is 0 Å². The van der Waals surface area contributed by atoms with Gasteiger partial charge in [-0.1, -0.05) is 25.7 Å². The van der Waals surface area contributed by atoms with Crippen LogP contribution in [-0.4, -0.2) is 29.5 Å². The van der Waals surface area contributed by atoms with Crippen molar-refractivity contribution < 1.29 is 4.92 Å². The van der Waals surface area contributed by atoms with Crippen molar-refractivity contribution in [3.63, 3.8) is 0 Å². The lowest BCUT2D eigenvalue weighted by molar-refractivity contribution is -0.384. The fourth-order valence-electron chi connectivity index (χ4n) is 2.89. The first-order valence-electron chi connectivity index (χ1n) is 7.75. The summed E-state index contributed by atoms with van der Waals surface area (Å²) in [6.45, 7) is 2.65. The van der Waals surface area contributed by atoms with E-state index in [-0.39, 0.29) is 10.6 Å². The number of nitrogens with one attached hydrogen (secondary N) is 1. The third-order valence-electron chi connectivity index (χ3n) is 4.10. The summed E-state index contributed by atoms with van der Waals surface area (Å²) < 4.78 is 0. The van der Waals surface area contributed by atoms with Gasteiger partial charge in [0.25, 0.3) is 5.69 Å². The van der Waals surface area contributed by atoms with Gasteiger partial charge >= 0.3 is 0 Å². The van der Waals surface area contributed by atoms with Gasteiger partial charge in [-0.2, -0.15) is 0 Å². The van der Waals surface area contributed by atoms with E-state index in [2.05, 4.69) is 15.2 Å². The maximum atomic E-state index is 11.1. The van der Waals surface area contributed by atoms with E-state index in [1.54, 1.807) is 6.07 Å². The lowest BCUT2D eigenvalue weighted by Crippen LogP contribution is -2.31. The Morgan fingerprint density at radius 3 is 2.57 bits per heavy atom. The Balaban J connectivity index is 2.25. The normalized spacial score (nSPS) is 16.3. The predicted molar refractivity (Wildman–Crippen MR) is 84.9 cm³/mol. The lowest BCUT2D eigenvalue weighted by Gasteiger charge is -2.28. The monoisotopic (exact) mass is 292 g/mol. The van der Waals surface area contributed by atoms with Crippen molar-refractivity contribution in [3.05, 3.63) is 22.2 Å². The number of nitro groups is 1. The number of aromatic nitrogens is 1. The Kier molecular flexibility index (Phi) is 5.36. The second-order valence-corrected chi connectivity index (χ2v) is 5.61. The van der Waals surface area contributed by atoms with Crippen molar-refractivity contribution in [2.24, 2.45) is 0 Å². The highest BCUT2D eigenvalue weighted by molar-refractivity contribution is 5.56. The summed E-state index contributed by atoms with van der Waals surface area (Å²) in [6, 6.07) is 3.50. The van der Waals surface area contributed by atoms with Crippen molar-refractivity contribution in [3.8, 4) is 0 Å². The molecule has 6 heteroatoms. The van der Waals surface area contributed by atoms with Gasteiger partial charge in [0.15, 0.2) is 0 Å². The molecule has 1 N–H and O–H groups in total. The quantitative estimate of drug-likeness (QED) is 0.510. The summed E-state index contributed by atoms with van der Waals surface area (Å²) in [5.41, 5.74) is 0.0939. The Labute approximate surface area is 125 Å². The summed E-state index contributed by atoms with van der Waals surface area (Å²) in [5, 5.41) is 14.2. The van der Waals surface area contributed by atoms with Crippen molar-refractivity contribution in [1.82, 2.24) is 4.98 Å². The molecule has 1 aromatic rings. The molecule has 116 valence electrons. The van der Waals surface area contributed by atoms with Crippen molar-refractivity contribution in [2.45, 2.75) is 51.5 Å². The number of hydrogen-bond donors (Lipinski definition) is 1. The van der Waals surface area contributed by atoms with Crippen LogP contribution in [0.2, 0.25) is 0 Å². The molecule has 0 atom stereocenters. The van der Waals surface area contributed by atoms with E-state index in [1.165, 1.54) is 31.7 Å². The smallest absolute Gasteiger partial charge is 0.276 e. The Morgan fingerprint density at radius 1 is 1.33 bits per heavy atom. The summed E-state index contributed by atoms with van der Waals surface area (Å²) in [4.78, 5) is 17.4. The molecule has 0 aromatic carbocycles. The van der Waals surface area contributed by atoms with Crippen LogP contribution in [0, 0.1) is 10.1 Å². The zero-order chi connectivity index (χ0) is 15.2. The number of nitrogens with zero attached hydrogens (tertiary/aromatic N) is 3. The molecule has 0 bridgehead atoms. The molecule has 1 fully saturated rings. The minimum atomic E-state index is -0.354. The third kappa shape index (κ3) is 4.06. The Bertz CT molecular complexity index is 485. The SMILES string of the molecule is CCNc1cc([N+](=O)[O-])cc(N(C)C2CCCCCC2)n1. The maximum Gasteiger partial charge on any atom is 0.276 e. The molecule has 0 amide bonds. The van der Waals surface area contributed by atoms with E-state index < -0.39 is 0 Å². The van der Waals surface area contributed by atoms with Crippen LogP contribution < -0.4 is 10.2 Å². The molecule has 0 spiro atoms. The lowest BCUT2D eigenvalue weighted by atomic mass is 10.1. The first-order chi connectivity index (χ1) is 10.1. The first-order valence-corrected chi connectivity index (χ1v) is 7.75.